The van der Waals surface area contributed by atoms with E-state index in [0.717, 1.165) is 82.8 Å². The number of anilines is 1. The molecule has 0 aliphatic carbocycles. The molecule has 0 aliphatic heterocycles. The van der Waals surface area contributed by atoms with E-state index in [2.05, 4.69) is 103 Å². The maximum Gasteiger partial charge on any atom is 0.141 e. The molecular weight excluding hydrogens is 610 g/mol. The fourth-order valence-electron chi connectivity index (χ4n) is 6.42. The highest BCUT2D eigenvalue weighted by molar-refractivity contribution is 5.82. The summed E-state index contributed by atoms with van der Waals surface area (Å²) >= 11 is 0. The summed E-state index contributed by atoms with van der Waals surface area (Å²) in [5.41, 5.74) is 8.57. The molecule has 9 nitrogen and oxygen atoms in total. The van der Waals surface area contributed by atoms with Crippen LogP contribution >= 0.6 is 0 Å². The molecule has 6 rings (SSSR count). The third-order valence-corrected chi connectivity index (χ3v) is 8.90. The number of nitrogens with one attached hydrogen (secondary N) is 1. The number of aromatic nitrogens is 5. The lowest BCUT2D eigenvalue weighted by Crippen LogP contribution is -2.27. The molecule has 0 spiro atoms. The predicted octanol–water partition coefficient (Wildman–Crippen LogP) is 7.07. The van der Waals surface area contributed by atoms with Crippen LogP contribution in [0.2, 0.25) is 0 Å². The quantitative estimate of drug-likeness (QED) is 0.108. The Morgan fingerprint density at radius 1 is 0.878 bits per heavy atom. The predicted molar refractivity (Wildman–Crippen MR) is 196 cm³/mol. The van der Waals surface area contributed by atoms with Crippen LogP contribution in [0.4, 0.5) is 5.69 Å². The highest BCUT2D eigenvalue weighted by Crippen LogP contribution is 2.30. The number of ketones is 1. The topological polar surface area (TPSA) is 101 Å². The Labute approximate surface area is 288 Å². The van der Waals surface area contributed by atoms with E-state index >= 15 is 0 Å². The number of Topliss-reactive ketones (excluding diaryl/α,β-unsaturated/α-hetero) is 1. The summed E-state index contributed by atoms with van der Waals surface area (Å²) in [7, 11) is 0. The molecule has 0 saturated heterocycles. The van der Waals surface area contributed by atoms with Crippen molar-refractivity contribution in [1.82, 2.24) is 29.4 Å². The average Bonchev–Trinajstić information content (AvgIpc) is 3.78. The number of carbonyl (C=O) groups excluding carboxylic acids is 1. The Kier molecular flexibility index (Phi) is 11.2. The Hall–Kier alpha value is -5.12. The van der Waals surface area contributed by atoms with Crippen LogP contribution in [-0.4, -0.2) is 54.7 Å². The van der Waals surface area contributed by atoms with Gasteiger partial charge in [0.05, 0.1) is 24.0 Å². The molecule has 1 atom stereocenters. The molecule has 0 saturated carbocycles. The smallest absolute Gasteiger partial charge is 0.141 e. The van der Waals surface area contributed by atoms with Crippen molar-refractivity contribution in [3.63, 3.8) is 0 Å². The van der Waals surface area contributed by atoms with E-state index < -0.39 is 0 Å². The van der Waals surface area contributed by atoms with Crippen molar-refractivity contribution in [2.45, 2.75) is 58.8 Å². The third kappa shape index (κ3) is 8.49. The molecule has 0 amide bonds. The number of carbonyl (C=O) groups is 1. The van der Waals surface area contributed by atoms with E-state index in [1.165, 1.54) is 0 Å². The van der Waals surface area contributed by atoms with Crippen molar-refractivity contribution < 1.29 is 9.90 Å². The zero-order valence-electron chi connectivity index (χ0n) is 28.4. The maximum atomic E-state index is 12.4. The molecule has 2 N–H and O–H groups in total. The van der Waals surface area contributed by atoms with E-state index in [4.69, 9.17) is 4.98 Å². The van der Waals surface area contributed by atoms with Crippen LogP contribution in [0.1, 0.15) is 50.3 Å². The molecular formula is C40H45N7O2. The Bertz CT molecular complexity index is 1910. The second-order valence-corrected chi connectivity index (χ2v) is 12.5. The summed E-state index contributed by atoms with van der Waals surface area (Å²) in [5, 5.41) is 13.2. The lowest BCUT2D eigenvalue weighted by Gasteiger charge is -2.23. The van der Waals surface area contributed by atoms with Gasteiger partial charge in [-0.25, -0.2) is 9.97 Å². The SMILES string of the molecule is CCCN(CCO)c1ccc(-c2nc3cc(C(CC(C)=O)NCc4ccc(-c5ccncc5)cc4)ccc3n2CCCn2ccnc2)cc1. The summed E-state index contributed by atoms with van der Waals surface area (Å²) in [6.45, 7) is 7.70. The number of hydrogen-bond donors (Lipinski definition) is 2. The molecule has 3 heterocycles. The molecule has 3 aromatic carbocycles. The van der Waals surface area contributed by atoms with Gasteiger partial charge in [0.25, 0.3) is 0 Å². The second kappa shape index (κ2) is 16.3. The minimum Gasteiger partial charge on any atom is -0.395 e. The van der Waals surface area contributed by atoms with Gasteiger partial charge >= 0.3 is 0 Å². The van der Waals surface area contributed by atoms with Crippen LogP contribution in [-0.2, 0) is 24.4 Å². The summed E-state index contributed by atoms with van der Waals surface area (Å²) < 4.78 is 4.40. The number of pyridine rings is 1. The van der Waals surface area contributed by atoms with Crippen molar-refractivity contribution in [2.75, 3.05) is 24.6 Å². The van der Waals surface area contributed by atoms with Gasteiger partial charge in [-0.2, -0.15) is 0 Å². The number of nitrogens with zero attached hydrogens (tertiary/aromatic N) is 6. The second-order valence-electron chi connectivity index (χ2n) is 12.5. The first-order chi connectivity index (χ1) is 24.0. The summed E-state index contributed by atoms with van der Waals surface area (Å²) in [5.74, 6) is 1.05. The van der Waals surface area contributed by atoms with E-state index in [-0.39, 0.29) is 18.4 Å². The van der Waals surface area contributed by atoms with Crippen LogP contribution in [0.15, 0.2) is 110 Å². The van der Waals surface area contributed by atoms with E-state index in [0.29, 0.717) is 19.5 Å². The maximum absolute atomic E-state index is 12.4. The molecule has 49 heavy (non-hydrogen) atoms. The van der Waals surface area contributed by atoms with Crippen LogP contribution < -0.4 is 10.2 Å². The van der Waals surface area contributed by atoms with Crippen LogP contribution in [0.25, 0.3) is 33.5 Å². The minimum atomic E-state index is -0.146. The van der Waals surface area contributed by atoms with E-state index in [1.54, 1.807) is 19.3 Å². The van der Waals surface area contributed by atoms with Crippen molar-refractivity contribution >= 4 is 22.5 Å². The monoisotopic (exact) mass is 655 g/mol. The van der Waals surface area contributed by atoms with E-state index in [1.807, 2.05) is 30.9 Å². The first-order valence-corrected chi connectivity index (χ1v) is 17.2. The van der Waals surface area contributed by atoms with Crippen LogP contribution in [0.3, 0.4) is 0 Å². The first-order valence-electron chi connectivity index (χ1n) is 17.2. The van der Waals surface area contributed by atoms with Gasteiger partial charge in [0.1, 0.15) is 11.6 Å². The van der Waals surface area contributed by atoms with E-state index in [9.17, 15) is 9.90 Å². The van der Waals surface area contributed by atoms with Crippen molar-refractivity contribution in [1.29, 1.82) is 0 Å². The molecule has 3 aromatic heterocycles. The molecule has 6 aromatic rings. The number of imidazole rings is 2. The van der Waals surface area contributed by atoms with Gasteiger partial charge in [-0.05, 0) is 90.6 Å². The number of hydrogen-bond acceptors (Lipinski definition) is 7. The van der Waals surface area contributed by atoms with Gasteiger partial charge in [0, 0.05) is 81.2 Å². The summed E-state index contributed by atoms with van der Waals surface area (Å²) in [4.78, 5) is 28.1. The number of fused-ring (bicyclic) bond motifs is 1. The standard InChI is InChI=1S/C40H45N7O2/c1-3-20-46(24-25-48)36-12-9-34(10-13-36)40-44-38-27-35(11-14-39(38)47(40)22-4-21-45-23-19-42-29-45)37(26-30(2)49)43-28-31-5-7-32(8-6-31)33-15-17-41-18-16-33/h5-19,23,27,29,37,43,48H,3-4,20-22,24-26,28H2,1-2H3. The van der Waals surface area contributed by atoms with Gasteiger partial charge in [0.15, 0.2) is 0 Å². The Balaban J connectivity index is 1.27. The van der Waals surface area contributed by atoms with Crippen molar-refractivity contribution in [3.8, 4) is 22.5 Å². The minimum absolute atomic E-state index is 0.120. The lowest BCUT2D eigenvalue weighted by atomic mass is 10.00. The highest BCUT2D eigenvalue weighted by Gasteiger charge is 2.18. The number of aliphatic hydroxyl groups excluding tert-OH is 1. The molecule has 0 aliphatic rings. The third-order valence-electron chi connectivity index (χ3n) is 8.90. The normalized spacial score (nSPS) is 12.0. The fourth-order valence-corrected chi connectivity index (χ4v) is 6.42. The molecule has 0 radical (unpaired) electrons. The number of rotatable bonds is 17. The van der Waals surface area contributed by atoms with Crippen LogP contribution in [0.5, 0.6) is 0 Å². The highest BCUT2D eigenvalue weighted by atomic mass is 16.3. The van der Waals surface area contributed by atoms with Crippen molar-refractivity contribution in [2.24, 2.45) is 0 Å². The molecule has 252 valence electrons. The van der Waals surface area contributed by atoms with Gasteiger partial charge in [-0.15, -0.1) is 0 Å². The van der Waals surface area contributed by atoms with Gasteiger partial charge in [-0.1, -0.05) is 37.3 Å². The Morgan fingerprint density at radius 2 is 1.63 bits per heavy atom. The molecule has 0 bridgehead atoms. The average molecular weight is 656 g/mol. The largest absolute Gasteiger partial charge is 0.395 e. The molecule has 0 fully saturated rings. The first kappa shape index (κ1) is 33.8. The zero-order valence-corrected chi connectivity index (χ0v) is 28.4. The van der Waals surface area contributed by atoms with Gasteiger partial charge in [0.2, 0.25) is 0 Å². The number of benzene rings is 3. The van der Waals surface area contributed by atoms with Crippen molar-refractivity contribution in [3.05, 3.63) is 121 Å². The molecule has 1 unspecified atom stereocenters. The van der Waals surface area contributed by atoms with Gasteiger partial charge in [-0.3, -0.25) is 9.78 Å². The number of aliphatic hydroxyl groups is 1. The number of aryl methyl sites for hydroxylation is 2. The summed E-state index contributed by atoms with van der Waals surface area (Å²) in [6, 6.07) is 27.3. The van der Waals surface area contributed by atoms with Crippen LogP contribution in [0, 0.1) is 0 Å². The zero-order chi connectivity index (χ0) is 34.0. The summed E-state index contributed by atoms with van der Waals surface area (Å²) in [6.07, 6.45) is 11.6. The van der Waals surface area contributed by atoms with Gasteiger partial charge < -0.3 is 24.5 Å². The lowest BCUT2D eigenvalue weighted by molar-refractivity contribution is -0.117. The Morgan fingerprint density at radius 3 is 2.33 bits per heavy atom. The fraction of sp³-hybridized carbons (Fsp3) is 0.300. The molecule has 9 heteroatoms.